The zero-order chi connectivity index (χ0) is 10.7. The first kappa shape index (κ1) is 9.52. The molecule has 3 heteroatoms. The van der Waals surface area contributed by atoms with Crippen LogP contribution in [0, 0.1) is 0 Å². The predicted octanol–water partition coefficient (Wildman–Crippen LogP) is 2.22. The Morgan fingerprint density at radius 3 is 2.80 bits per heavy atom. The summed E-state index contributed by atoms with van der Waals surface area (Å²) in [6.45, 7) is 3.71. The number of nitrogens with zero attached hydrogens (tertiary/aromatic N) is 1. The van der Waals surface area contributed by atoms with Gasteiger partial charge in [0.2, 0.25) is 0 Å². The highest BCUT2D eigenvalue weighted by atomic mass is 16.3. The molecule has 2 rings (SSSR count). The molecule has 0 aromatic carbocycles. The Morgan fingerprint density at radius 2 is 2.20 bits per heavy atom. The SMILES string of the molecule is C=C[C@@H](c1ccco1)n1ccccc1=O. The molecule has 15 heavy (non-hydrogen) atoms. The number of allylic oxidation sites excluding steroid dienone is 1. The lowest BCUT2D eigenvalue weighted by Gasteiger charge is -2.12. The molecule has 0 aliphatic rings. The summed E-state index contributed by atoms with van der Waals surface area (Å²) in [5.41, 5.74) is -0.0706. The predicted molar refractivity (Wildman–Crippen MR) is 57.7 cm³/mol. The molecule has 3 nitrogen and oxygen atoms in total. The van der Waals surface area contributed by atoms with Crippen LogP contribution in [0.25, 0.3) is 0 Å². The minimum atomic E-state index is -0.242. The van der Waals surface area contributed by atoms with Gasteiger partial charge in [-0.1, -0.05) is 12.1 Å². The lowest BCUT2D eigenvalue weighted by molar-refractivity contribution is 0.461. The molecule has 0 N–H and O–H groups in total. The zero-order valence-corrected chi connectivity index (χ0v) is 8.17. The number of rotatable bonds is 3. The standard InChI is InChI=1S/C12H11NO2/c1-2-10(11-6-5-9-15-11)13-8-4-3-7-12(13)14/h2-10H,1H2/t10-/m0/s1. The van der Waals surface area contributed by atoms with Gasteiger partial charge in [0.25, 0.3) is 5.56 Å². The Kier molecular flexibility index (Phi) is 2.54. The highest BCUT2D eigenvalue weighted by Crippen LogP contribution is 2.17. The van der Waals surface area contributed by atoms with Crippen molar-refractivity contribution in [2.24, 2.45) is 0 Å². The molecule has 1 atom stereocenters. The average Bonchev–Trinajstić information content (AvgIpc) is 2.75. The van der Waals surface area contributed by atoms with E-state index in [2.05, 4.69) is 6.58 Å². The molecule has 0 fully saturated rings. The highest BCUT2D eigenvalue weighted by molar-refractivity contribution is 5.13. The quantitative estimate of drug-likeness (QED) is 0.714. The van der Waals surface area contributed by atoms with E-state index in [1.54, 1.807) is 41.3 Å². The van der Waals surface area contributed by atoms with Gasteiger partial charge in [0, 0.05) is 12.3 Å². The molecule has 0 saturated carbocycles. The highest BCUT2D eigenvalue weighted by Gasteiger charge is 2.12. The largest absolute Gasteiger partial charge is 0.467 e. The number of pyridine rings is 1. The van der Waals surface area contributed by atoms with Gasteiger partial charge in [-0.2, -0.15) is 0 Å². The molecule has 2 aromatic rings. The van der Waals surface area contributed by atoms with Gasteiger partial charge >= 0.3 is 0 Å². The Balaban J connectivity index is 2.49. The second kappa shape index (κ2) is 4.00. The van der Waals surface area contributed by atoms with Gasteiger partial charge < -0.3 is 8.98 Å². The minimum Gasteiger partial charge on any atom is -0.467 e. The topological polar surface area (TPSA) is 35.1 Å². The van der Waals surface area contributed by atoms with E-state index in [0.717, 1.165) is 0 Å². The number of aromatic nitrogens is 1. The Morgan fingerprint density at radius 1 is 1.33 bits per heavy atom. The summed E-state index contributed by atoms with van der Waals surface area (Å²) >= 11 is 0. The minimum absolute atomic E-state index is 0.0706. The summed E-state index contributed by atoms with van der Waals surface area (Å²) in [7, 11) is 0. The van der Waals surface area contributed by atoms with Gasteiger partial charge in [0.15, 0.2) is 0 Å². The molecule has 2 heterocycles. The first-order valence-electron chi connectivity index (χ1n) is 4.66. The van der Waals surface area contributed by atoms with Gasteiger partial charge in [0.1, 0.15) is 11.8 Å². The average molecular weight is 201 g/mol. The van der Waals surface area contributed by atoms with Crippen LogP contribution in [0.3, 0.4) is 0 Å². The van der Waals surface area contributed by atoms with E-state index in [1.807, 2.05) is 6.07 Å². The molecular weight excluding hydrogens is 190 g/mol. The third-order valence-electron chi connectivity index (χ3n) is 2.21. The first-order chi connectivity index (χ1) is 7.33. The van der Waals surface area contributed by atoms with Crippen molar-refractivity contribution in [3.8, 4) is 0 Å². The van der Waals surface area contributed by atoms with Gasteiger partial charge in [-0.3, -0.25) is 4.79 Å². The monoisotopic (exact) mass is 201 g/mol. The molecule has 0 bridgehead atoms. The number of furan rings is 1. The summed E-state index contributed by atoms with van der Waals surface area (Å²) in [6, 6.07) is 8.40. The maximum atomic E-state index is 11.6. The van der Waals surface area contributed by atoms with Crippen LogP contribution in [-0.4, -0.2) is 4.57 Å². The van der Waals surface area contributed by atoms with E-state index < -0.39 is 0 Å². The van der Waals surface area contributed by atoms with Gasteiger partial charge in [-0.25, -0.2) is 0 Å². The molecule has 0 saturated heterocycles. The van der Waals surface area contributed by atoms with Gasteiger partial charge in [0.05, 0.1) is 6.26 Å². The van der Waals surface area contributed by atoms with E-state index in [4.69, 9.17) is 4.42 Å². The van der Waals surface area contributed by atoms with Crippen molar-refractivity contribution in [3.05, 3.63) is 71.6 Å². The van der Waals surface area contributed by atoms with Crippen molar-refractivity contribution in [1.29, 1.82) is 0 Å². The van der Waals surface area contributed by atoms with Crippen LogP contribution in [-0.2, 0) is 0 Å². The maximum Gasteiger partial charge on any atom is 0.251 e. The lowest BCUT2D eigenvalue weighted by Crippen LogP contribution is -2.22. The van der Waals surface area contributed by atoms with Crippen molar-refractivity contribution < 1.29 is 4.42 Å². The normalized spacial score (nSPS) is 12.3. The van der Waals surface area contributed by atoms with Crippen LogP contribution in [0.5, 0.6) is 0 Å². The Bertz CT molecular complexity index is 496. The summed E-state index contributed by atoms with van der Waals surface area (Å²) in [5, 5.41) is 0. The van der Waals surface area contributed by atoms with Crippen LogP contribution in [0.1, 0.15) is 11.8 Å². The zero-order valence-electron chi connectivity index (χ0n) is 8.17. The molecule has 0 spiro atoms. The first-order valence-corrected chi connectivity index (χ1v) is 4.66. The fourth-order valence-corrected chi connectivity index (χ4v) is 1.50. The van der Waals surface area contributed by atoms with Crippen molar-refractivity contribution in [2.45, 2.75) is 6.04 Å². The summed E-state index contributed by atoms with van der Waals surface area (Å²) < 4.78 is 6.84. The van der Waals surface area contributed by atoms with Crippen molar-refractivity contribution in [1.82, 2.24) is 4.57 Å². The van der Waals surface area contributed by atoms with E-state index in [-0.39, 0.29) is 11.6 Å². The van der Waals surface area contributed by atoms with Crippen molar-refractivity contribution in [3.63, 3.8) is 0 Å². The summed E-state index contributed by atoms with van der Waals surface area (Å²) in [4.78, 5) is 11.6. The fraction of sp³-hybridized carbons (Fsp3) is 0.0833. The molecule has 0 radical (unpaired) electrons. The third-order valence-corrected chi connectivity index (χ3v) is 2.21. The molecule has 0 amide bonds. The van der Waals surface area contributed by atoms with Crippen molar-refractivity contribution in [2.75, 3.05) is 0 Å². The summed E-state index contributed by atoms with van der Waals surface area (Å²) in [5.74, 6) is 0.707. The maximum absolute atomic E-state index is 11.6. The third kappa shape index (κ3) is 1.76. The smallest absolute Gasteiger partial charge is 0.251 e. The van der Waals surface area contributed by atoms with Crippen LogP contribution < -0.4 is 5.56 Å². The molecule has 0 aliphatic heterocycles. The van der Waals surface area contributed by atoms with Gasteiger partial charge in [-0.05, 0) is 18.2 Å². The Hall–Kier alpha value is -2.03. The second-order valence-electron chi connectivity index (χ2n) is 3.14. The second-order valence-corrected chi connectivity index (χ2v) is 3.14. The Labute approximate surface area is 87.3 Å². The molecular formula is C12H11NO2. The van der Waals surface area contributed by atoms with Crippen LogP contribution in [0.15, 0.2) is 64.7 Å². The van der Waals surface area contributed by atoms with Crippen LogP contribution >= 0.6 is 0 Å². The molecule has 76 valence electrons. The summed E-state index contributed by atoms with van der Waals surface area (Å²) in [6.07, 6.45) is 4.98. The van der Waals surface area contributed by atoms with E-state index >= 15 is 0 Å². The van der Waals surface area contributed by atoms with E-state index in [1.165, 1.54) is 6.07 Å². The fourth-order valence-electron chi connectivity index (χ4n) is 1.50. The van der Waals surface area contributed by atoms with Crippen molar-refractivity contribution >= 4 is 0 Å². The van der Waals surface area contributed by atoms with E-state index in [9.17, 15) is 4.79 Å². The van der Waals surface area contributed by atoms with E-state index in [0.29, 0.717) is 5.76 Å². The van der Waals surface area contributed by atoms with Crippen LogP contribution in [0.4, 0.5) is 0 Å². The molecule has 0 unspecified atom stereocenters. The van der Waals surface area contributed by atoms with Gasteiger partial charge in [-0.15, -0.1) is 6.58 Å². The molecule has 2 aromatic heterocycles. The number of hydrogen-bond donors (Lipinski definition) is 0. The number of hydrogen-bond acceptors (Lipinski definition) is 2. The lowest BCUT2D eigenvalue weighted by atomic mass is 10.2. The van der Waals surface area contributed by atoms with Crippen LogP contribution in [0.2, 0.25) is 0 Å². The molecule has 0 aliphatic carbocycles.